The van der Waals surface area contributed by atoms with Crippen molar-refractivity contribution in [3.63, 3.8) is 0 Å². The number of pyridine rings is 2. The second kappa shape index (κ2) is 7.88. The second-order valence-electron chi connectivity index (χ2n) is 6.97. The number of likely N-dealkylation sites (N-methyl/N-ethyl adjacent to an activating group) is 1. The summed E-state index contributed by atoms with van der Waals surface area (Å²) in [7, 11) is 1.73. The Morgan fingerprint density at radius 1 is 1.12 bits per heavy atom. The summed E-state index contributed by atoms with van der Waals surface area (Å²) in [4.78, 5) is 34.5. The van der Waals surface area contributed by atoms with Gasteiger partial charge in [-0.25, -0.2) is 0 Å². The van der Waals surface area contributed by atoms with Crippen LogP contribution in [-0.2, 0) is 6.42 Å². The van der Waals surface area contributed by atoms with Gasteiger partial charge in [0.2, 0.25) is 0 Å². The van der Waals surface area contributed by atoms with Crippen LogP contribution in [-0.4, -0.2) is 45.8 Å². The molecule has 0 fully saturated rings. The van der Waals surface area contributed by atoms with Gasteiger partial charge in [0.1, 0.15) is 5.69 Å². The Labute approximate surface area is 148 Å². The average molecular weight is 340 g/mol. The van der Waals surface area contributed by atoms with Crippen LogP contribution in [0.1, 0.15) is 47.2 Å². The van der Waals surface area contributed by atoms with Gasteiger partial charge in [0.15, 0.2) is 0 Å². The molecule has 2 aromatic rings. The largest absolute Gasteiger partial charge is 0.347 e. The Bertz CT molecular complexity index is 739. The summed E-state index contributed by atoms with van der Waals surface area (Å²) < 4.78 is 0. The van der Waals surface area contributed by atoms with Crippen molar-refractivity contribution in [1.82, 2.24) is 20.2 Å². The minimum absolute atomic E-state index is 0.209. The Morgan fingerprint density at radius 3 is 2.44 bits per heavy atom. The third-order valence-electron chi connectivity index (χ3n) is 3.56. The molecule has 6 nitrogen and oxygen atoms in total. The van der Waals surface area contributed by atoms with E-state index >= 15 is 0 Å². The van der Waals surface area contributed by atoms with Crippen molar-refractivity contribution >= 4 is 11.8 Å². The van der Waals surface area contributed by atoms with Gasteiger partial charge < -0.3 is 10.2 Å². The molecule has 25 heavy (non-hydrogen) atoms. The van der Waals surface area contributed by atoms with Crippen molar-refractivity contribution in [2.45, 2.75) is 32.7 Å². The Kier molecular flexibility index (Phi) is 5.85. The maximum Gasteiger partial charge on any atom is 0.272 e. The summed E-state index contributed by atoms with van der Waals surface area (Å²) in [6.07, 6.45) is 5.68. The van der Waals surface area contributed by atoms with Crippen LogP contribution >= 0.6 is 0 Å². The molecular formula is C19H24N4O2. The highest BCUT2D eigenvalue weighted by Gasteiger charge is 2.18. The molecule has 0 atom stereocenters. The first kappa shape index (κ1) is 18.6. The van der Waals surface area contributed by atoms with E-state index in [0.29, 0.717) is 12.1 Å². The first-order valence-corrected chi connectivity index (χ1v) is 8.19. The van der Waals surface area contributed by atoms with Crippen LogP contribution in [0.2, 0.25) is 0 Å². The normalized spacial score (nSPS) is 11.0. The average Bonchev–Trinajstić information content (AvgIpc) is 2.58. The van der Waals surface area contributed by atoms with Gasteiger partial charge in [0, 0.05) is 43.3 Å². The molecule has 0 aliphatic heterocycles. The molecule has 0 radical (unpaired) electrons. The van der Waals surface area contributed by atoms with Crippen molar-refractivity contribution in [1.29, 1.82) is 0 Å². The number of nitrogens with zero attached hydrogens (tertiary/aromatic N) is 3. The Hall–Kier alpha value is -2.76. The van der Waals surface area contributed by atoms with Crippen molar-refractivity contribution in [2.75, 3.05) is 13.6 Å². The highest BCUT2D eigenvalue weighted by atomic mass is 16.2. The monoisotopic (exact) mass is 340 g/mol. The molecule has 0 aliphatic carbocycles. The van der Waals surface area contributed by atoms with Crippen LogP contribution in [0, 0.1) is 0 Å². The summed E-state index contributed by atoms with van der Waals surface area (Å²) in [5, 5.41) is 2.88. The number of carbonyl (C=O) groups is 2. The molecule has 1 N–H and O–H groups in total. The zero-order chi connectivity index (χ0) is 18.4. The van der Waals surface area contributed by atoms with Crippen LogP contribution in [0.15, 0.2) is 42.9 Å². The molecule has 2 aromatic heterocycles. The van der Waals surface area contributed by atoms with Gasteiger partial charge in [0.25, 0.3) is 11.8 Å². The predicted molar refractivity (Wildman–Crippen MR) is 96.4 cm³/mol. The molecule has 0 saturated heterocycles. The molecule has 0 unspecified atom stereocenters. The van der Waals surface area contributed by atoms with Gasteiger partial charge in [-0.15, -0.1) is 0 Å². The zero-order valence-corrected chi connectivity index (χ0v) is 15.1. The minimum Gasteiger partial charge on any atom is -0.347 e. The second-order valence-corrected chi connectivity index (χ2v) is 6.97. The fourth-order valence-electron chi connectivity index (χ4n) is 2.24. The smallest absolute Gasteiger partial charge is 0.272 e. The Balaban J connectivity index is 2.03. The third kappa shape index (κ3) is 5.67. The van der Waals surface area contributed by atoms with E-state index < -0.39 is 0 Å². The van der Waals surface area contributed by atoms with Crippen molar-refractivity contribution in [2.24, 2.45) is 0 Å². The van der Waals surface area contributed by atoms with Gasteiger partial charge >= 0.3 is 0 Å². The molecule has 0 aliphatic rings. The van der Waals surface area contributed by atoms with Gasteiger partial charge in [-0.2, -0.15) is 0 Å². The van der Waals surface area contributed by atoms with E-state index in [2.05, 4.69) is 15.3 Å². The van der Waals surface area contributed by atoms with Crippen LogP contribution in [0.5, 0.6) is 0 Å². The SMILES string of the molecule is CN(CCc1ccncc1)C(=O)c1cc(C(=O)NC(C)(C)C)ccn1. The molecule has 2 rings (SSSR count). The zero-order valence-electron chi connectivity index (χ0n) is 15.1. The highest BCUT2D eigenvalue weighted by molar-refractivity contribution is 5.98. The first-order valence-electron chi connectivity index (χ1n) is 8.19. The van der Waals surface area contributed by atoms with E-state index in [9.17, 15) is 9.59 Å². The van der Waals surface area contributed by atoms with E-state index in [1.807, 2.05) is 32.9 Å². The van der Waals surface area contributed by atoms with Gasteiger partial charge in [-0.05, 0) is 57.0 Å². The molecule has 2 heterocycles. The summed E-state index contributed by atoms with van der Waals surface area (Å²) in [6, 6.07) is 6.99. The third-order valence-corrected chi connectivity index (χ3v) is 3.56. The summed E-state index contributed by atoms with van der Waals surface area (Å²) in [5.74, 6) is -0.428. The highest BCUT2D eigenvalue weighted by Crippen LogP contribution is 2.08. The molecular weight excluding hydrogens is 316 g/mol. The van der Waals surface area contributed by atoms with E-state index in [1.54, 1.807) is 30.4 Å². The van der Waals surface area contributed by atoms with Gasteiger partial charge in [-0.1, -0.05) is 0 Å². The van der Waals surface area contributed by atoms with E-state index in [-0.39, 0.29) is 23.0 Å². The minimum atomic E-state index is -0.341. The van der Waals surface area contributed by atoms with Crippen LogP contribution in [0.4, 0.5) is 0 Å². The number of hydrogen-bond acceptors (Lipinski definition) is 4. The number of rotatable bonds is 5. The van der Waals surface area contributed by atoms with Crippen molar-refractivity contribution in [3.8, 4) is 0 Å². The molecule has 0 bridgehead atoms. The fraction of sp³-hybridized carbons (Fsp3) is 0.368. The lowest BCUT2D eigenvalue weighted by Crippen LogP contribution is -2.40. The molecule has 6 heteroatoms. The van der Waals surface area contributed by atoms with Crippen LogP contribution < -0.4 is 5.32 Å². The topological polar surface area (TPSA) is 75.2 Å². The van der Waals surface area contributed by atoms with E-state index in [0.717, 1.165) is 12.0 Å². The van der Waals surface area contributed by atoms with Crippen LogP contribution in [0.3, 0.4) is 0 Å². The fourth-order valence-corrected chi connectivity index (χ4v) is 2.24. The maximum atomic E-state index is 12.5. The lowest BCUT2D eigenvalue weighted by molar-refractivity contribution is 0.0791. The van der Waals surface area contributed by atoms with E-state index in [1.165, 1.54) is 12.3 Å². The maximum absolute atomic E-state index is 12.5. The molecule has 132 valence electrons. The molecule has 2 amide bonds. The molecule has 0 aromatic carbocycles. The van der Waals surface area contributed by atoms with Crippen LogP contribution in [0.25, 0.3) is 0 Å². The summed E-state index contributed by atoms with van der Waals surface area (Å²) in [6.45, 7) is 6.28. The van der Waals surface area contributed by atoms with Crippen molar-refractivity contribution < 1.29 is 9.59 Å². The standard InChI is InChI=1S/C19H24N4O2/c1-19(2,3)22-17(24)15-7-11-21-16(13-15)18(25)23(4)12-8-14-5-9-20-10-6-14/h5-7,9-11,13H,8,12H2,1-4H3,(H,22,24). The van der Waals surface area contributed by atoms with E-state index in [4.69, 9.17) is 0 Å². The van der Waals surface area contributed by atoms with Gasteiger partial charge in [0.05, 0.1) is 0 Å². The molecule has 0 spiro atoms. The number of aromatic nitrogens is 2. The number of nitrogens with one attached hydrogen (secondary N) is 1. The Morgan fingerprint density at radius 2 is 1.80 bits per heavy atom. The van der Waals surface area contributed by atoms with Gasteiger partial charge in [-0.3, -0.25) is 19.6 Å². The number of amides is 2. The summed E-state index contributed by atoms with van der Waals surface area (Å²) in [5.41, 5.74) is 1.46. The lowest BCUT2D eigenvalue weighted by Gasteiger charge is -2.21. The van der Waals surface area contributed by atoms with Crippen molar-refractivity contribution in [3.05, 3.63) is 59.7 Å². The molecule has 0 saturated carbocycles. The first-order chi connectivity index (χ1) is 11.8. The lowest BCUT2D eigenvalue weighted by atomic mass is 10.1. The number of hydrogen-bond donors (Lipinski definition) is 1. The summed E-state index contributed by atoms with van der Waals surface area (Å²) >= 11 is 0. The quantitative estimate of drug-likeness (QED) is 0.906. The predicted octanol–water partition coefficient (Wildman–Crippen LogP) is 2.32. The number of carbonyl (C=O) groups excluding carboxylic acids is 2.